The number of ether oxygens (including phenoxy) is 1. The van der Waals surface area contributed by atoms with Gasteiger partial charge in [-0.3, -0.25) is 0 Å². The van der Waals surface area contributed by atoms with Crippen LogP contribution in [0.15, 0.2) is 35.5 Å². The van der Waals surface area contributed by atoms with E-state index in [1.165, 1.54) is 21.4 Å². The molecule has 0 saturated heterocycles. The van der Waals surface area contributed by atoms with Gasteiger partial charge < -0.3 is 10.1 Å². The highest BCUT2D eigenvalue weighted by Crippen LogP contribution is 2.42. The molecule has 29 heavy (non-hydrogen) atoms. The maximum absolute atomic E-state index is 6.18. The van der Waals surface area contributed by atoms with E-state index in [1.54, 1.807) is 23.1 Å². The minimum atomic E-state index is -0.0993. The van der Waals surface area contributed by atoms with Crippen LogP contribution in [-0.4, -0.2) is 27.9 Å². The first-order valence-electron chi connectivity index (χ1n) is 10.5. The Hall–Kier alpha value is -1.63. The lowest BCUT2D eigenvalue weighted by atomic mass is 9.90. The highest BCUT2D eigenvalue weighted by Gasteiger charge is 2.33. The maximum Gasteiger partial charge on any atom is 0.190 e. The van der Waals surface area contributed by atoms with E-state index in [0.717, 1.165) is 53.8 Å². The van der Waals surface area contributed by atoms with Gasteiger partial charge in [0.1, 0.15) is 10.6 Å². The minimum absolute atomic E-state index is 0.0993. The molecule has 0 radical (unpaired) electrons. The van der Waals surface area contributed by atoms with Gasteiger partial charge in [-0.2, -0.15) is 0 Å². The summed E-state index contributed by atoms with van der Waals surface area (Å²) in [6.07, 6.45) is 4.03. The van der Waals surface area contributed by atoms with Gasteiger partial charge in [-0.25, -0.2) is 9.97 Å². The summed E-state index contributed by atoms with van der Waals surface area (Å²) in [6.45, 7) is 8.15. The predicted octanol–water partition coefficient (Wildman–Crippen LogP) is 6.09. The Morgan fingerprint density at radius 3 is 2.79 bits per heavy atom. The lowest BCUT2D eigenvalue weighted by molar-refractivity contribution is -0.0542. The Morgan fingerprint density at radius 2 is 2.03 bits per heavy atom. The summed E-state index contributed by atoms with van der Waals surface area (Å²) in [7, 11) is 0. The van der Waals surface area contributed by atoms with Crippen molar-refractivity contribution in [2.24, 2.45) is 0 Å². The molecule has 0 bridgehead atoms. The molecule has 2 aromatic heterocycles. The smallest absolute Gasteiger partial charge is 0.190 e. The van der Waals surface area contributed by atoms with Crippen molar-refractivity contribution in [2.45, 2.75) is 63.8 Å². The van der Waals surface area contributed by atoms with Crippen LogP contribution in [0, 0.1) is 0 Å². The number of rotatable bonds is 8. The van der Waals surface area contributed by atoms with Gasteiger partial charge in [-0.1, -0.05) is 55.9 Å². The fourth-order valence-corrected chi connectivity index (χ4v) is 5.49. The molecule has 4 rings (SSSR count). The molecular formula is C23H29N3OS2. The van der Waals surface area contributed by atoms with Crippen molar-refractivity contribution in [1.29, 1.82) is 0 Å². The lowest BCUT2D eigenvalue weighted by Gasteiger charge is -2.33. The summed E-state index contributed by atoms with van der Waals surface area (Å²) in [4.78, 5) is 12.2. The zero-order valence-corrected chi connectivity index (χ0v) is 19.1. The van der Waals surface area contributed by atoms with Gasteiger partial charge in [0.15, 0.2) is 5.16 Å². The van der Waals surface area contributed by atoms with Crippen LogP contribution in [0.1, 0.15) is 49.6 Å². The van der Waals surface area contributed by atoms with Crippen LogP contribution in [0.25, 0.3) is 10.2 Å². The first-order valence-corrected chi connectivity index (χ1v) is 12.3. The summed E-state index contributed by atoms with van der Waals surface area (Å²) in [6, 6.07) is 10.6. The summed E-state index contributed by atoms with van der Waals surface area (Å²) in [5.41, 5.74) is 2.62. The van der Waals surface area contributed by atoms with Crippen LogP contribution < -0.4 is 5.32 Å². The number of nitrogens with zero attached hydrogens (tertiary/aromatic N) is 2. The molecule has 1 aliphatic rings. The summed E-state index contributed by atoms with van der Waals surface area (Å²) < 4.78 is 6.18. The second-order valence-electron chi connectivity index (χ2n) is 7.82. The molecule has 0 fully saturated rings. The quantitative estimate of drug-likeness (QED) is 0.348. The number of hydrogen-bond donors (Lipinski definition) is 1. The topological polar surface area (TPSA) is 47.0 Å². The Bertz CT molecular complexity index is 973. The number of nitrogens with one attached hydrogen (secondary N) is 1. The molecule has 0 spiro atoms. The number of fused-ring (bicyclic) bond motifs is 3. The highest BCUT2D eigenvalue weighted by atomic mass is 32.2. The van der Waals surface area contributed by atoms with Crippen molar-refractivity contribution >= 4 is 39.1 Å². The molecule has 0 amide bonds. The average Bonchev–Trinajstić information content (AvgIpc) is 3.10. The van der Waals surface area contributed by atoms with Crippen LogP contribution in [0.5, 0.6) is 0 Å². The third-order valence-electron chi connectivity index (χ3n) is 5.55. The standard InChI is InChI=1S/C23H29N3OS2/c1-4-13-28-22-25-20(24-12-11-16-9-7-6-8-10-16)19-17-14-23(3,5-2)27-15-18(17)29-21(19)26-22/h6-10H,4-5,11-15H2,1-3H3,(H,24,25,26)/t23-/m0/s1. The van der Waals surface area contributed by atoms with E-state index in [1.807, 2.05) is 0 Å². The molecule has 154 valence electrons. The van der Waals surface area contributed by atoms with Crippen molar-refractivity contribution < 1.29 is 4.74 Å². The van der Waals surface area contributed by atoms with E-state index >= 15 is 0 Å². The number of thioether (sulfide) groups is 1. The molecule has 6 heteroatoms. The molecule has 1 aromatic carbocycles. The molecule has 4 nitrogen and oxygen atoms in total. The first-order chi connectivity index (χ1) is 14.1. The summed E-state index contributed by atoms with van der Waals surface area (Å²) >= 11 is 3.52. The summed E-state index contributed by atoms with van der Waals surface area (Å²) in [5, 5.41) is 5.72. The fourth-order valence-electron chi connectivity index (χ4n) is 3.64. The van der Waals surface area contributed by atoms with Crippen molar-refractivity contribution in [3.63, 3.8) is 0 Å². The molecule has 1 aliphatic heterocycles. The largest absolute Gasteiger partial charge is 0.369 e. The van der Waals surface area contributed by atoms with Crippen LogP contribution in [0.3, 0.4) is 0 Å². The van der Waals surface area contributed by atoms with E-state index in [9.17, 15) is 0 Å². The van der Waals surface area contributed by atoms with Gasteiger partial charge in [0.2, 0.25) is 0 Å². The third-order valence-corrected chi connectivity index (χ3v) is 7.70. The molecule has 0 saturated carbocycles. The fraction of sp³-hybridized carbons (Fsp3) is 0.478. The maximum atomic E-state index is 6.18. The van der Waals surface area contributed by atoms with Gasteiger partial charge in [-0.15, -0.1) is 11.3 Å². The van der Waals surface area contributed by atoms with E-state index in [0.29, 0.717) is 6.61 Å². The van der Waals surface area contributed by atoms with Gasteiger partial charge in [0.25, 0.3) is 0 Å². The normalized spacial score (nSPS) is 18.7. The molecule has 3 heterocycles. The van der Waals surface area contributed by atoms with E-state index < -0.39 is 0 Å². The second kappa shape index (κ2) is 9.02. The second-order valence-corrected chi connectivity index (χ2v) is 9.96. The van der Waals surface area contributed by atoms with Gasteiger partial charge >= 0.3 is 0 Å². The van der Waals surface area contributed by atoms with E-state index in [2.05, 4.69) is 56.4 Å². The zero-order chi connectivity index (χ0) is 20.3. The Kier molecular flexibility index (Phi) is 6.42. The number of benzene rings is 1. The Morgan fingerprint density at radius 1 is 1.21 bits per heavy atom. The van der Waals surface area contributed by atoms with Crippen molar-refractivity contribution in [1.82, 2.24) is 9.97 Å². The van der Waals surface area contributed by atoms with Gasteiger partial charge in [0, 0.05) is 23.6 Å². The molecular weight excluding hydrogens is 398 g/mol. The number of aromatic nitrogens is 2. The number of hydrogen-bond acceptors (Lipinski definition) is 6. The average molecular weight is 428 g/mol. The van der Waals surface area contributed by atoms with Crippen LogP contribution in [-0.2, 0) is 24.2 Å². The van der Waals surface area contributed by atoms with Crippen molar-refractivity contribution in [2.75, 3.05) is 17.6 Å². The van der Waals surface area contributed by atoms with Crippen LogP contribution >= 0.6 is 23.1 Å². The van der Waals surface area contributed by atoms with E-state index in [4.69, 9.17) is 14.7 Å². The van der Waals surface area contributed by atoms with E-state index in [-0.39, 0.29) is 5.60 Å². The SMILES string of the molecule is CCCSc1nc(NCCc2ccccc2)c2c3c(sc2n1)CO[C@@](C)(CC)C3. The number of anilines is 1. The molecule has 1 atom stereocenters. The van der Waals surface area contributed by atoms with Gasteiger partial charge in [0.05, 0.1) is 17.6 Å². The number of thiophene rings is 1. The lowest BCUT2D eigenvalue weighted by Crippen LogP contribution is -2.34. The third kappa shape index (κ3) is 4.60. The molecule has 0 aliphatic carbocycles. The van der Waals surface area contributed by atoms with Crippen LogP contribution in [0.4, 0.5) is 5.82 Å². The highest BCUT2D eigenvalue weighted by molar-refractivity contribution is 7.99. The minimum Gasteiger partial charge on any atom is -0.369 e. The monoisotopic (exact) mass is 427 g/mol. The predicted molar refractivity (Wildman–Crippen MR) is 124 cm³/mol. The summed E-state index contributed by atoms with van der Waals surface area (Å²) in [5.74, 6) is 2.03. The Balaban J connectivity index is 1.66. The van der Waals surface area contributed by atoms with Crippen molar-refractivity contribution in [3.05, 3.63) is 46.3 Å². The van der Waals surface area contributed by atoms with Gasteiger partial charge in [-0.05, 0) is 37.3 Å². The first kappa shape index (κ1) is 20.6. The molecule has 0 unspecified atom stereocenters. The molecule has 1 N–H and O–H groups in total. The molecule has 3 aromatic rings. The Labute approximate surface area is 181 Å². The zero-order valence-electron chi connectivity index (χ0n) is 17.5. The van der Waals surface area contributed by atoms with Crippen molar-refractivity contribution in [3.8, 4) is 0 Å². The van der Waals surface area contributed by atoms with Crippen LogP contribution in [0.2, 0.25) is 0 Å².